The fourth-order valence-electron chi connectivity index (χ4n) is 3.20. The molecule has 0 aliphatic carbocycles. The van der Waals surface area contributed by atoms with Crippen molar-refractivity contribution in [1.82, 2.24) is 0 Å². The summed E-state index contributed by atoms with van der Waals surface area (Å²) in [6, 6.07) is 7.02. The number of hydrogen-bond acceptors (Lipinski definition) is 8. The van der Waals surface area contributed by atoms with Gasteiger partial charge in [0.25, 0.3) is 0 Å². The van der Waals surface area contributed by atoms with Crippen molar-refractivity contribution in [3.63, 3.8) is 0 Å². The number of thiophene rings is 1. The van der Waals surface area contributed by atoms with Gasteiger partial charge >= 0.3 is 5.97 Å². The lowest BCUT2D eigenvalue weighted by Gasteiger charge is -2.09. The second-order valence-corrected chi connectivity index (χ2v) is 10.0. The van der Waals surface area contributed by atoms with Crippen molar-refractivity contribution in [1.29, 1.82) is 0 Å². The Labute approximate surface area is 179 Å². The molecule has 162 valence electrons. The quantitative estimate of drug-likeness (QED) is 0.642. The molecule has 30 heavy (non-hydrogen) atoms. The lowest BCUT2D eigenvalue weighted by Crippen LogP contribution is -2.24. The number of anilines is 1. The molecule has 1 aliphatic heterocycles. The molecular formula is C20H23NO7S2. The van der Waals surface area contributed by atoms with Crippen molar-refractivity contribution in [2.75, 3.05) is 37.6 Å². The van der Waals surface area contributed by atoms with Crippen molar-refractivity contribution >= 4 is 38.7 Å². The molecular weight excluding hydrogens is 430 g/mol. The summed E-state index contributed by atoms with van der Waals surface area (Å²) in [5.41, 5.74) is 1.07. The second kappa shape index (κ2) is 9.05. The van der Waals surface area contributed by atoms with Crippen LogP contribution >= 0.6 is 11.3 Å². The highest BCUT2D eigenvalue weighted by molar-refractivity contribution is 7.91. The van der Waals surface area contributed by atoms with Crippen LogP contribution in [0.25, 0.3) is 10.4 Å². The number of hydrogen-bond donors (Lipinski definition) is 1. The van der Waals surface area contributed by atoms with Gasteiger partial charge in [-0.25, -0.2) is 13.2 Å². The average molecular weight is 454 g/mol. The molecule has 1 amide bonds. The lowest BCUT2D eigenvalue weighted by atomic mass is 10.1. The van der Waals surface area contributed by atoms with Crippen LogP contribution in [-0.4, -0.2) is 52.6 Å². The molecule has 0 bridgehead atoms. The molecule has 2 heterocycles. The average Bonchev–Trinajstić information content (AvgIpc) is 3.30. The van der Waals surface area contributed by atoms with Crippen molar-refractivity contribution in [2.45, 2.75) is 13.3 Å². The van der Waals surface area contributed by atoms with Gasteiger partial charge in [0, 0.05) is 4.88 Å². The molecule has 0 saturated carbocycles. The van der Waals surface area contributed by atoms with Crippen molar-refractivity contribution in [3.8, 4) is 21.9 Å². The van der Waals surface area contributed by atoms with Gasteiger partial charge in [0.05, 0.1) is 43.9 Å². The van der Waals surface area contributed by atoms with E-state index in [4.69, 9.17) is 14.2 Å². The first kappa shape index (κ1) is 22.1. The van der Waals surface area contributed by atoms with Gasteiger partial charge in [-0.15, -0.1) is 11.3 Å². The van der Waals surface area contributed by atoms with Gasteiger partial charge in [0.15, 0.2) is 21.3 Å². The number of carbonyl (C=O) groups is 2. The molecule has 1 N–H and O–H groups in total. The highest BCUT2D eigenvalue weighted by atomic mass is 32.2. The van der Waals surface area contributed by atoms with Crippen molar-refractivity contribution in [2.24, 2.45) is 5.92 Å². The normalized spacial score (nSPS) is 17.4. The Kier molecular flexibility index (Phi) is 6.67. The maximum atomic E-state index is 12.6. The van der Waals surface area contributed by atoms with E-state index < -0.39 is 27.6 Å². The van der Waals surface area contributed by atoms with Crippen LogP contribution in [0.4, 0.5) is 5.69 Å². The van der Waals surface area contributed by atoms with E-state index in [0.29, 0.717) is 22.1 Å². The minimum Gasteiger partial charge on any atom is -0.493 e. The molecule has 3 rings (SSSR count). The SMILES string of the molecule is CCOC(=O)c1sc(-c2ccc(OC)c(OC)c2)cc1NC(=O)[C@H]1CCS(=O)(=O)C1. The van der Waals surface area contributed by atoms with E-state index in [0.717, 1.165) is 5.56 Å². The van der Waals surface area contributed by atoms with Crippen LogP contribution in [0.1, 0.15) is 23.0 Å². The van der Waals surface area contributed by atoms with Crippen molar-refractivity contribution < 1.29 is 32.2 Å². The summed E-state index contributed by atoms with van der Waals surface area (Å²) in [6.07, 6.45) is 0.273. The fourth-order valence-corrected chi connectivity index (χ4v) is 5.95. The van der Waals surface area contributed by atoms with Gasteiger partial charge in [0.2, 0.25) is 5.91 Å². The maximum absolute atomic E-state index is 12.6. The molecule has 2 aromatic rings. The van der Waals surface area contributed by atoms with Crippen LogP contribution in [0.5, 0.6) is 11.5 Å². The predicted octanol–water partition coefficient (Wildman–Crippen LogP) is 2.98. The monoisotopic (exact) mass is 453 g/mol. The summed E-state index contributed by atoms with van der Waals surface area (Å²) < 4.78 is 39.1. The van der Waals surface area contributed by atoms with Crippen LogP contribution in [0.2, 0.25) is 0 Å². The van der Waals surface area contributed by atoms with E-state index in [1.807, 2.05) is 6.07 Å². The summed E-state index contributed by atoms with van der Waals surface area (Å²) in [5.74, 6) is -0.685. The summed E-state index contributed by atoms with van der Waals surface area (Å²) in [5, 5.41) is 2.72. The largest absolute Gasteiger partial charge is 0.493 e. The molecule has 10 heteroatoms. The van der Waals surface area contributed by atoms with Gasteiger partial charge in [-0.05, 0) is 43.2 Å². The number of rotatable bonds is 7. The molecule has 0 spiro atoms. The third-order valence-corrected chi connectivity index (χ3v) is 7.65. The highest BCUT2D eigenvalue weighted by Gasteiger charge is 2.34. The second-order valence-electron chi connectivity index (χ2n) is 6.73. The van der Waals surface area contributed by atoms with E-state index >= 15 is 0 Å². The Morgan fingerprint density at radius 2 is 1.90 bits per heavy atom. The molecule has 0 unspecified atom stereocenters. The minimum absolute atomic E-state index is 0.00362. The number of nitrogens with one attached hydrogen (secondary N) is 1. The van der Waals surface area contributed by atoms with Gasteiger partial charge in [-0.1, -0.05) is 0 Å². The van der Waals surface area contributed by atoms with Crippen LogP contribution in [0.15, 0.2) is 24.3 Å². The van der Waals surface area contributed by atoms with Crippen LogP contribution in [-0.2, 0) is 19.4 Å². The zero-order valence-corrected chi connectivity index (χ0v) is 18.5. The summed E-state index contributed by atoms with van der Waals surface area (Å²) >= 11 is 1.17. The van der Waals surface area contributed by atoms with E-state index in [9.17, 15) is 18.0 Å². The molecule has 1 fully saturated rings. The molecule has 1 saturated heterocycles. The number of sulfone groups is 1. The number of ether oxygens (including phenoxy) is 3. The van der Waals surface area contributed by atoms with E-state index in [2.05, 4.69) is 5.32 Å². The van der Waals surface area contributed by atoms with Gasteiger partial charge in [-0.2, -0.15) is 0 Å². The number of esters is 1. The van der Waals surface area contributed by atoms with Crippen LogP contribution < -0.4 is 14.8 Å². The van der Waals surface area contributed by atoms with Crippen LogP contribution in [0, 0.1) is 5.92 Å². The number of methoxy groups -OCH3 is 2. The van der Waals surface area contributed by atoms with Gasteiger partial charge in [-0.3, -0.25) is 4.79 Å². The fraction of sp³-hybridized carbons (Fsp3) is 0.400. The number of benzene rings is 1. The Hall–Kier alpha value is -2.59. The standard InChI is InChI=1S/C20H23NO7S2/c1-4-28-20(23)18-14(21-19(22)13-7-8-30(24,25)11-13)10-17(29-18)12-5-6-15(26-2)16(9-12)27-3/h5-6,9-10,13H,4,7-8,11H2,1-3H3,(H,21,22)/t13-/m0/s1. The maximum Gasteiger partial charge on any atom is 0.350 e. The Morgan fingerprint density at radius 1 is 1.17 bits per heavy atom. The molecule has 1 aromatic heterocycles. The van der Waals surface area contributed by atoms with E-state index in [1.54, 1.807) is 32.2 Å². The Bertz CT molecular complexity index is 1060. The molecule has 1 atom stereocenters. The summed E-state index contributed by atoms with van der Waals surface area (Å²) in [4.78, 5) is 26.0. The van der Waals surface area contributed by atoms with E-state index in [-0.39, 0.29) is 29.4 Å². The lowest BCUT2D eigenvalue weighted by molar-refractivity contribution is -0.119. The highest BCUT2D eigenvalue weighted by Crippen LogP contribution is 2.39. The molecule has 0 radical (unpaired) electrons. The first-order valence-corrected chi connectivity index (χ1v) is 12.0. The minimum atomic E-state index is -3.20. The Balaban J connectivity index is 1.93. The smallest absolute Gasteiger partial charge is 0.350 e. The summed E-state index contributed by atoms with van der Waals surface area (Å²) in [7, 11) is -0.126. The zero-order valence-electron chi connectivity index (χ0n) is 16.9. The number of carbonyl (C=O) groups excluding carboxylic acids is 2. The third-order valence-electron chi connectivity index (χ3n) is 4.72. The molecule has 1 aromatic carbocycles. The first-order chi connectivity index (χ1) is 14.3. The first-order valence-electron chi connectivity index (χ1n) is 9.32. The topological polar surface area (TPSA) is 108 Å². The van der Waals surface area contributed by atoms with Gasteiger partial charge in [0.1, 0.15) is 4.88 Å². The summed E-state index contributed by atoms with van der Waals surface area (Å²) in [6.45, 7) is 1.89. The predicted molar refractivity (Wildman–Crippen MR) is 114 cm³/mol. The third kappa shape index (κ3) is 4.76. The molecule has 1 aliphatic rings. The molecule has 8 nitrogen and oxygen atoms in total. The van der Waals surface area contributed by atoms with E-state index in [1.165, 1.54) is 18.4 Å². The zero-order chi connectivity index (χ0) is 21.9. The number of amides is 1. The van der Waals surface area contributed by atoms with Gasteiger partial charge < -0.3 is 19.5 Å². The Morgan fingerprint density at radius 3 is 2.50 bits per heavy atom. The van der Waals surface area contributed by atoms with Crippen LogP contribution in [0.3, 0.4) is 0 Å². The van der Waals surface area contributed by atoms with Crippen molar-refractivity contribution in [3.05, 3.63) is 29.1 Å².